The summed E-state index contributed by atoms with van der Waals surface area (Å²) in [6.45, 7) is 5.64. The fraction of sp³-hybridized carbons (Fsp3) is 0.333. The molecule has 0 aliphatic carbocycles. The number of hydrogen-bond donors (Lipinski definition) is 4. The van der Waals surface area contributed by atoms with Crippen molar-refractivity contribution in [2.24, 2.45) is 0 Å². The van der Waals surface area contributed by atoms with Gasteiger partial charge in [-0.15, -0.1) is 11.3 Å². The molecule has 0 bridgehead atoms. The zero-order valence-electron chi connectivity index (χ0n) is 39.4. The van der Waals surface area contributed by atoms with Gasteiger partial charge >= 0.3 is 0 Å². The number of benzene rings is 3. The first kappa shape index (κ1) is 50.2. The van der Waals surface area contributed by atoms with Crippen molar-refractivity contribution < 1.29 is 50.7 Å². The number of pyridine rings is 1. The number of aromatic nitrogens is 4. The number of carbonyl (C=O) groups is 3. The SMILES string of the molecule is Cc1cc([C@@H](CCCCOc2ccc(-c3cnc4[nH]cc(C(=O)c5c(F)ccc(N(N6CC[C@@H](F)C6)S(=O)O)c5F)c4c3)cc2)C(=O)N2C[C@H](O)C[C@H]2C(=O)N[C@@H](C)c2ccc(-c3scnc3C)cc2)on1. The first-order valence-electron chi connectivity index (χ1n) is 23.4. The van der Waals surface area contributed by atoms with E-state index < -0.39 is 64.2 Å². The van der Waals surface area contributed by atoms with Crippen molar-refractivity contribution in [1.82, 2.24) is 35.3 Å². The van der Waals surface area contributed by atoms with E-state index in [1.165, 1.54) is 11.1 Å². The molecule has 16 nitrogen and oxygen atoms in total. The number of hydrazine groups is 1. The molecule has 2 aliphatic rings. The fourth-order valence-electron chi connectivity index (χ4n) is 9.30. The van der Waals surface area contributed by atoms with Crippen LogP contribution in [0.1, 0.15) is 89.6 Å². The lowest BCUT2D eigenvalue weighted by Crippen LogP contribution is -2.48. The number of anilines is 1. The lowest BCUT2D eigenvalue weighted by atomic mass is 9.96. The number of H-pyrrole nitrogens is 1. The Morgan fingerprint density at radius 2 is 1.78 bits per heavy atom. The van der Waals surface area contributed by atoms with Crippen molar-refractivity contribution in [1.29, 1.82) is 0 Å². The number of rotatable bonds is 18. The van der Waals surface area contributed by atoms with Crippen LogP contribution in [0, 0.1) is 25.5 Å². The minimum absolute atomic E-state index is 0.000649. The quantitative estimate of drug-likeness (QED) is 0.0363. The number of aromatic amines is 1. The van der Waals surface area contributed by atoms with Gasteiger partial charge in [-0.05, 0) is 93.5 Å². The Bertz CT molecular complexity index is 3130. The van der Waals surface area contributed by atoms with E-state index in [4.69, 9.17) is 9.26 Å². The first-order valence-corrected chi connectivity index (χ1v) is 25.3. The number of nitrogens with zero attached hydrogens (tertiary/aromatic N) is 6. The summed E-state index contributed by atoms with van der Waals surface area (Å²) in [5, 5.41) is 19.2. The Balaban J connectivity index is 0.818. The molecule has 3 aromatic carbocycles. The van der Waals surface area contributed by atoms with E-state index in [1.54, 1.807) is 66.4 Å². The number of aryl methyl sites for hydroxylation is 2. The molecule has 2 aliphatic heterocycles. The zero-order chi connectivity index (χ0) is 50.8. The Hall–Kier alpha value is -6.78. The number of fused-ring (bicyclic) bond motifs is 1. The molecule has 0 radical (unpaired) electrons. The maximum absolute atomic E-state index is 16.1. The molecule has 376 valence electrons. The monoisotopic (exact) mass is 1020 g/mol. The standard InChI is InChI=1S/C51H51F3N8O8S2/c1-28-20-44(70-59-28)38(51(66)61-26-36(63)22-43(61)50(65)58-29(2)31-7-9-33(10-8-31)48-30(3)57-27-71-48)6-4-5-19-69-37-13-11-32(12-14-37)34-21-39-40(24-56-49(39)55-23-34)47(64)45-41(53)15-16-42(46(45)54)62(72(67)68)60-18-17-35(52)25-60/h7-16,20-21,23-24,27,29,35-36,38,43,63H,4-6,17-19,22,25-26H2,1-3H3,(H,55,56)(H,58,65)(H,67,68)/t29-,35+,36+,38+,43-/m0/s1. The van der Waals surface area contributed by atoms with Crippen LogP contribution in [0.4, 0.5) is 18.9 Å². The predicted octanol–water partition coefficient (Wildman–Crippen LogP) is 8.54. The van der Waals surface area contributed by atoms with Gasteiger partial charge in [-0.1, -0.05) is 41.6 Å². The molecule has 0 saturated carbocycles. The van der Waals surface area contributed by atoms with Crippen molar-refractivity contribution in [3.63, 3.8) is 0 Å². The van der Waals surface area contributed by atoms with Crippen molar-refractivity contribution in [2.45, 2.75) is 83.2 Å². The van der Waals surface area contributed by atoms with E-state index >= 15 is 8.78 Å². The molecule has 0 spiro atoms. The number of aliphatic hydroxyl groups is 1. The first-order chi connectivity index (χ1) is 34.6. The number of hydrogen-bond acceptors (Lipinski definition) is 12. The molecule has 7 aromatic rings. The third kappa shape index (κ3) is 10.6. The molecule has 4 aromatic heterocycles. The van der Waals surface area contributed by atoms with Crippen molar-refractivity contribution >= 4 is 56.9 Å². The highest BCUT2D eigenvalue weighted by molar-refractivity contribution is 7.80. The van der Waals surface area contributed by atoms with Gasteiger partial charge in [-0.25, -0.2) is 32.4 Å². The average Bonchev–Trinajstić information content (AvgIpc) is 4.23. The molecule has 4 N–H and O–H groups in total. The van der Waals surface area contributed by atoms with Gasteiger partial charge in [-0.3, -0.25) is 18.9 Å². The molecule has 6 heterocycles. The fourth-order valence-corrected chi connectivity index (χ4v) is 10.8. The lowest BCUT2D eigenvalue weighted by Gasteiger charge is -2.29. The molecule has 2 saturated heterocycles. The number of unbranched alkanes of at least 4 members (excludes halogenated alkanes) is 1. The van der Waals surface area contributed by atoms with Crippen LogP contribution in [0.2, 0.25) is 0 Å². The van der Waals surface area contributed by atoms with E-state index in [1.807, 2.05) is 38.1 Å². The van der Waals surface area contributed by atoms with Gasteiger partial charge in [0.1, 0.15) is 40.9 Å². The van der Waals surface area contributed by atoms with Crippen LogP contribution in [0.5, 0.6) is 5.75 Å². The maximum Gasteiger partial charge on any atom is 0.277 e. The molecular formula is C51H51F3N8O8S2. The van der Waals surface area contributed by atoms with Gasteiger partial charge in [0.25, 0.3) is 11.3 Å². The van der Waals surface area contributed by atoms with E-state index in [9.17, 15) is 32.6 Å². The van der Waals surface area contributed by atoms with Crippen LogP contribution < -0.4 is 14.5 Å². The molecule has 9 rings (SSSR count). The second-order valence-corrected chi connectivity index (χ2v) is 19.7. The number of alkyl halides is 1. The van der Waals surface area contributed by atoms with Crippen molar-refractivity contribution in [3.8, 4) is 27.3 Å². The number of likely N-dealkylation sites (tertiary alicyclic amines) is 1. The number of ether oxygens (including phenoxy) is 1. The normalized spacial score (nSPS) is 18.3. The highest BCUT2D eigenvalue weighted by Gasteiger charge is 2.43. The summed E-state index contributed by atoms with van der Waals surface area (Å²) in [6.07, 6.45) is 2.28. The van der Waals surface area contributed by atoms with Crippen molar-refractivity contribution in [2.75, 3.05) is 30.7 Å². The third-order valence-corrected chi connectivity index (χ3v) is 14.8. The topological polar surface area (TPSA) is 207 Å². The van der Waals surface area contributed by atoms with Gasteiger partial charge in [-0.2, -0.15) is 4.41 Å². The van der Waals surface area contributed by atoms with E-state index in [0.29, 0.717) is 58.6 Å². The molecule has 6 atom stereocenters. The van der Waals surface area contributed by atoms with E-state index in [2.05, 4.69) is 25.4 Å². The van der Waals surface area contributed by atoms with E-state index in [-0.39, 0.29) is 66.9 Å². The van der Waals surface area contributed by atoms with Crippen LogP contribution in [0.3, 0.4) is 0 Å². The number of β-amino-alcohol motifs (C(OH)–C–C–N with tert-alkyl or cyclic N) is 1. The summed E-state index contributed by atoms with van der Waals surface area (Å²) in [7, 11) is 0. The summed E-state index contributed by atoms with van der Waals surface area (Å²) in [5.74, 6) is -4.12. The second kappa shape index (κ2) is 21.5. The van der Waals surface area contributed by atoms with Gasteiger partial charge in [0.2, 0.25) is 17.6 Å². The second-order valence-electron chi connectivity index (χ2n) is 18.0. The maximum atomic E-state index is 16.1. The third-order valence-electron chi connectivity index (χ3n) is 13.1. The number of nitrogens with one attached hydrogen (secondary N) is 2. The Labute approximate surface area is 418 Å². The van der Waals surface area contributed by atoms with Crippen LogP contribution in [0.15, 0.2) is 95.2 Å². The lowest BCUT2D eigenvalue weighted by molar-refractivity contribution is -0.140. The molecule has 2 amide bonds. The molecule has 72 heavy (non-hydrogen) atoms. The Morgan fingerprint density at radius 3 is 2.46 bits per heavy atom. The number of amides is 2. The highest BCUT2D eigenvalue weighted by atomic mass is 32.2. The largest absolute Gasteiger partial charge is 0.494 e. The molecular weight excluding hydrogens is 974 g/mol. The smallest absolute Gasteiger partial charge is 0.277 e. The Morgan fingerprint density at radius 1 is 1.01 bits per heavy atom. The number of ketones is 1. The minimum atomic E-state index is -2.85. The summed E-state index contributed by atoms with van der Waals surface area (Å²) in [5.41, 5.74) is 5.25. The van der Waals surface area contributed by atoms with Crippen LogP contribution >= 0.6 is 11.3 Å². The summed E-state index contributed by atoms with van der Waals surface area (Å²) < 4.78 is 79.9. The molecule has 1 unspecified atom stereocenters. The number of carbonyl (C=O) groups excluding carboxylic acids is 3. The van der Waals surface area contributed by atoms with Crippen molar-refractivity contribution in [3.05, 3.63) is 136 Å². The van der Waals surface area contributed by atoms with Gasteiger partial charge in [0.15, 0.2) is 5.82 Å². The van der Waals surface area contributed by atoms with Gasteiger partial charge in [0, 0.05) is 54.5 Å². The average molecular weight is 1030 g/mol. The molecule has 2 fully saturated rings. The van der Waals surface area contributed by atoms with Gasteiger partial charge < -0.3 is 29.6 Å². The summed E-state index contributed by atoms with van der Waals surface area (Å²) in [4.78, 5) is 56.1. The predicted molar refractivity (Wildman–Crippen MR) is 264 cm³/mol. The highest BCUT2D eigenvalue weighted by Crippen LogP contribution is 2.35. The number of aliphatic hydroxyl groups excluding tert-OH is 1. The minimum Gasteiger partial charge on any atom is -0.494 e. The van der Waals surface area contributed by atoms with Crippen LogP contribution in [-0.2, 0) is 20.9 Å². The van der Waals surface area contributed by atoms with Crippen LogP contribution in [-0.4, -0.2) is 106 Å². The molecule has 21 heteroatoms. The Kier molecular flexibility index (Phi) is 15.0. The number of halogens is 3. The number of thiazole rings is 1. The summed E-state index contributed by atoms with van der Waals surface area (Å²) >= 11 is -1.29. The zero-order valence-corrected chi connectivity index (χ0v) is 41.0. The van der Waals surface area contributed by atoms with Crippen LogP contribution in [0.25, 0.3) is 32.6 Å². The summed E-state index contributed by atoms with van der Waals surface area (Å²) in [6, 6.07) is 18.9. The van der Waals surface area contributed by atoms with Gasteiger partial charge in [0.05, 0.1) is 58.6 Å². The van der Waals surface area contributed by atoms with E-state index in [0.717, 1.165) is 38.8 Å².